The molecule has 0 radical (unpaired) electrons. The van der Waals surface area contributed by atoms with Crippen LogP contribution in [0.5, 0.6) is 0 Å². The van der Waals surface area contributed by atoms with Crippen LogP contribution >= 0.6 is 17.2 Å². The minimum atomic E-state index is -1.76. The van der Waals surface area contributed by atoms with Gasteiger partial charge in [0.05, 0.1) is 0 Å². The van der Waals surface area contributed by atoms with Crippen LogP contribution in [-0.4, -0.2) is 32.7 Å². The van der Waals surface area contributed by atoms with Crippen molar-refractivity contribution in [2.75, 3.05) is 32.7 Å². The topological polar surface area (TPSA) is 26.0 Å². The molecule has 0 aromatic carbocycles. The van der Waals surface area contributed by atoms with E-state index in [1.165, 1.54) is 0 Å². The second-order valence-corrected chi connectivity index (χ2v) is 13.5. The van der Waals surface area contributed by atoms with Crippen molar-refractivity contribution in [2.45, 2.75) is 0 Å². The van der Waals surface area contributed by atoms with E-state index in [0.717, 1.165) is 6.16 Å². The van der Waals surface area contributed by atoms with Gasteiger partial charge in [-0.05, 0) is 0 Å². The van der Waals surface area contributed by atoms with Gasteiger partial charge < -0.3 is 0 Å². The van der Waals surface area contributed by atoms with Gasteiger partial charge in [0.25, 0.3) is 0 Å². The van der Waals surface area contributed by atoms with Crippen molar-refractivity contribution in [3.8, 4) is 0 Å². The Kier molecular flexibility index (Phi) is 2.31. The summed E-state index contributed by atoms with van der Waals surface area (Å²) in [7, 11) is 0. The SMILES string of the molecule is CP(C)(C)(Cl)CCN. The van der Waals surface area contributed by atoms with E-state index in [9.17, 15) is 0 Å². The molecule has 0 aliphatic carbocycles. The van der Waals surface area contributed by atoms with Crippen molar-refractivity contribution in [2.24, 2.45) is 5.73 Å². The van der Waals surface area contributed by atoms with Crippen molar-refractivity contribution in [3.05, 3.63) is 0 Å². The van der Waals surface area contributed by atoms with Crippen LogP contribution in [0.2, 0.25) is 0 Å². The third kappa shape index (κ3) is 6.68. The summed E-state index contributed by atoms with van der Waals surface area (Å²) in [5.74, 6) is -1.76. The Bertz CT molecular complexity index is 74.9. The second kappa shape index (κ2) is 2.13. The Hall–Kier alpha value is 0.680. The molecule has 0 atom stereocenters. The van der Waals surface area contributed by atoms with Crippen molar-refractivity contribution in [1.82, 2.24) is 0 Å². The van der Waals surface area contributed by atoms with Crippen LogP contribution in [0, 0.1) is 0 Å². The fourth-order valence-electron chi connectivity index (χ4n) is 0.436. The summed E-state index contributed by atoms with van der Waals surface area (Å²) in [6.07, 6.45) is 0.979. The molecule has 0 aliphatic rings. The monoisotopic (exact) mass is 155 g/mol. The summed E-state index contributed by atoms with van der Waals surface area (Å²) in [6.45, 7) is 7.05. The van der Waals surface area contributed by atoms with Crippen LogP contribution in [0.3, 0.4) is 0 Å². The van der Waals surface area contributed by atoms with Gasteiger partial charge in [0.2, 0.25) is 0 Å². The number of halogens is 1. The van der Waals surface area contributed by atoms with E-state index in [0.29, 0.717) is 6.54 Å². The summed E-state index contributed by atoms with van der Waals surface area (Å²) < 4.78 is 0. The molecule has 8 heavy (non-hydrogen) atoms. The number of hydrogen-bond acceptors (Lipinski definition) is 1. The van der Waals surface area contributed by atoms with Crippen molar-refractivity contribution in [3.63, 3.8) is 0 Å². The first-order valence-electron chi connectivity index (χ1n) is 2.74. The van der Waals surface area contributed by atoms with E-state index in [1.54, 1.807) is 0 Å². The summed E-state index contributed by atoms with van der Waals surface area (Å²) in [4.78, 5) is 0. The van der Waals surface area contributed by atoms with Gasteiger partial charge in [0.1, 0.15) is 0 Å². The fourth-order valence-corrected chi connectivity index (χ4v) is 1.60. The molecule has 2 N–H and O–H groups in total. The molecule has 52 valence electrons. The average molecular weight is 156 g/mol. The molecule has 0 aromatic heterocycles. The van der Waals surface area contributed by atoms with Crippen molar-refractivity contribution < 1.29 is 0 Å². The predicted molar refractivity (Wildman–Crippen MR) is 44.5 cm³/mol. The Labute approximate surface area is 56.3 Å². The van der Waals surface area contributed by atoms with Crippen molar-refractivity contribution >= 4 is 17.2 Å². The predicted octanol–water partition coefficient (Wildman–Crippen LogP) is 1.54. The molecule has 3 heteroatoms. The van der Waals surface area contributed by atoms with Gasteiger partial charge in [-0.2, -0.15) is 0 Å². The van der Waals surface area contributed by atoms with Crippen molar-refractivity contribution in [1.29, 1.82) is 0 Å². The Balaban J connectivity index is 3.73. The molecule has 1 nitrogen and oxygen atoms in total. The van der Waals surface area contributed by atoms with Gasteiger partial charge in [-0.25, -0.2) is 0 Å². The van der Waals surface area contributed by atoms with Gasteiger partial charge >= 0.3 is 55.6 Å². The summed E-state index contributed by atoms with van der Waals surface area (Å²) in [5.41, 5.74) is 5.35. The Morgan fingerprint density at radius 1 is 1.38 bits per heavy atom. The van der Waals surface area contributed by atoms with E-state index in [4.69, 9.17) is 17.0 Å². The van der Waals surface area contributed by atoms with Crippen LogP contribution in [0.25, 0.3) is 0 Å². The molecule has 0 saturated carbocycles. The van der Waals surface area contributed by atoms with Gasteiger partial charge in [-0.3, -0.25) is 0 Å². The van der Waals surface area contributed by atoms with Crippen LogP contribution in [0.15, 0.2) is 0 Å². The van der Waals surface area contributed by atoms with E-state index in [1.807, 2.05) is 0 Å². The normalized spacial score (nSPS) is 17.4. The standard InChI is InChI=1S/C5H15ClNP/c1-8(2,3,6)5-4-7/h4-5,7H2,1-3H3. The molecule has 0 rings (SSSR count). The zero-order valence-corrected chi connectivity index (χ0v) is 7.47. The average Bonchev–Trinajstić information content (AvgIpc) is 1.25. The van der Waals surface area contributed by atoms with E-state index in [2.05, 4.69) is 20.0 Å². The molecular weight excluding hydrogens is 140 g/mol. The molecule has 0 fully saturated rings. The van der Waals surface area contributed by atoms with Gasteiger partial charge in [-0.15, -0.1) is 0 Å². The molecule has 0 aromatic rings. The van der Waals surface area contributed by atoms with Crippen LogP contribution < -0.4 is 5.73 Å². The quantitative estimate of drug-likeness (QED) is 0.602. The zero-order valence-electron chi connectivity index (χ0n) is 5.82. The molecule has 0 spiro atoms. The first-order valence-corrected chi connectivity index (χ1v) is 7.40. The van der Waals surface area contributed by atoms with Gasteiger partial charge in [0.15, 0.2) is 0 Å². The molecular formula is C5H15ClNP. The first-order chi connectivity index (χ1) is 3.31. The fraction of sp³-hybridized carbons (Fsp3) is 1.00. The molecule has 0 bridgehead atoms. The van der Waals surface area contributed by atoms with Gasteiger partial charge in [0, 0.05) is 0 Å². The summed E-state index contributed by atoms with van der Waals surface area (Å²) >= 11 is 6.14. The molecule has 0 amide bonds. The molecule has 0 aliphatic heterocycles. The van der Waals surface area contributed by atoms with E-state index >= 15 is 0 Å². The van der Waals surface area contributed by atoms with E-state index < -0.39 is 5.96 Å². The van der Waals surface area contributed by atoms with Crippen LogP contribution in [-0.2, 0) is 0 Å². The van der Waals surface area contributed by atoms with Crippen LogP contribution in [0.4, 0.5) is 0 Å². The van der Waals surface area contributed by atoms with E-state index in [-0.39, 0.29) is 0 Å². The molecule has 0 unspecified atom stereocenters. The zero-order chi connectivity index (χ0) is 6.86. The van der Waals surface area contributed by atoms with Gasteiger partial charge in [-0.1, -0.05) is 0 Å². The second-order valence-electron chi connectivity index (χ2n) is 3.43. The number of nitrogens with two attached hydrogens (primary N) is 1. The number of rotatable bonds is 2. The summed E-state index contributed by atoms with van der Waals surface area (Å²) in [6, 6.07) is 0. The number of hydrogen-bond donors (Lipinski definition) is 1. The third-order valence-corrected chi connectivity index (χ3v) is 3.16. The first kappa shape index (κ1) is 8.68. The minimum absolute atomic E-state index is 0.713. The maximum atomic E-state index is 6.14. The molecule has 0 heterocycles. The third-order valence-electron chi connectivity index (χ3n) is 0.884. The summed E-state index contributed by atoms with van der Waals surface area (Å²) in [5, 5.41) is 0. The Morgan fingerprint density at radius 3 is 1.75 bits per heavy atom. The maximum absolute atomic E-state index is 6.14. The van der Waals surface area contributed by atoms with Crippen LogP contribution in [0.1, 0.15) is 0 Å². The molecule has 0 saturated heterocycles. The Morgan fingerprint density at radius 2 is 1.75 bits per heavy atom.